The van der Waals surface area contributed by atoms with Crippen molar-refractivity contribution >= 4 is 34.5 Å². The van der Waals surface area contributed by atoms with Crippen molar-refractivity contribution in [3.8, 4) is 11.3 Å². The average Bonchev–Trinajstić information content (AvgIpc) is 3.24. The van der Waals surface area contributed by atoms with Crippen molar-refractivity contribution in [1.82, 2.24) is 4.98 Å². The fourth-order valence-corrected chi connectivity index (χ4v) is 5.13. The summed E-state index contributed by atoms with van der Waals surface area (Å²) in [5.74, 6) is -4.08. The lowest BCUT2D eigenvalue weighted by molar-refractivity contribution is -0.154. The molecule has 0 amide bonds. The van der Waals surface area contributed by atoms with Crippen LogP contribution in [0.25, 0.3) is 22.0 Å². The number of carboxylic acids is 2. The third-order valence-electron chi connectivity index (χ3n) is 5.55. The quantitative estimate of drug-likeness (QED) is 0.506. The van der Waals surface area contributed by atoms with Crippen molar-refractivity contribution in [2.75, 3.05) is 0 Å². The Balaban J connectivity index is 1.56. The molecule has 1 saturated carbocycles. The maximum absolute atomic E-state index is 11.2. The van der Waals surface area contributed by atoms with E-state index in [2.05, 4.69) is 12.1 Å². The molecule has 1 aliphatic carbocycles. The van der Waals surface area contributed by atoms with Crippen molar-refractivity contribution in [3.05, 3.63) is 60.2 Å². The number of aliphatic carboxylic acids is 2. The van der Waals surface area contributed by atoms with Crippen molar-refractivity contribution in [2.45, 2.75) is 42.4 Å². The monoisotopic (exact) mass is 421 g/mol. The standard InChI is InChI=1S/C24H23NO4S/c26-23(27)20(24(28)29)13-15-8-9-17-14-18(11-10-16(17)12-15)21-6-3-7-22(25-21)30-19-4-1-2-5-19/h3,6-12,14,19-20H,1-2,4-5,13H2,(H,26,27)(H,28,29). The van der Waals surface area contributed by atoms with Gasteiger partial charge in [-0.3, -0.25) is 9.59 Å². The largest absolute Gasteiger partial charge is 0.481 e. The van der Waals surface area contributed by atoms with Gasteiger partial charge in [-0.05, 0) is 53.8 Å². The Labute approximate surface area is 179 Å². The van der Waals surface area contributed by atoms with Gasteiger partial charge in [-0.2, -0.15) is 0 Å². The van der Waals surface area contributed by atoms with Crippen LogP contribution in [0.15, 0.2) is 59.6 Å². The van der Waals surface area contributed by atoms with Gasteiger partial charge in [0.2, 0.25) is 0 Å². The molecule has 0 unspecified atom stereocenters. The smallest absolute Gasteiger partial charge is 0.318 e. The summed E-state index contributed by atoms with van der Waals surface area (Å²) >= 11 is 1.87. The molecule has 2 N–H and O–H groups in total. The topological polar surface area (TPSA) is 87.5 Å². The SMILES string of the molecule is O=C(O)C(Cc1ccc2cc(-c3cccc(SC4CCCC4)n3)ccc2c1)C(=O)O. The fourth-order valence-electron chi connectivity index (χ4n) is 3.92. The summed E-state index contributed by atoms with van der Waals surface area (Å²) < 4.78 is 0. The molecular weight excluding hydrogens is 398 g/mol. The molecule has 1 heterocycles. The number of fused-ring (bicyclic) bond motifs is 1. The van der Waals surface area contributed by atoms with Crippen LogP contribution in [-0.4, -0.2) is 32.4 Å². The van der Waals surface area contributed by atoms with Gasteiger partial charge >= 0.3 is 11.9 Å². The van der Waals surface area contributed by atoms with Crippen LogP contribution in [-0.2, 0) is 16.0 Å². The third-order valence-corrected chi connectivity index (χ3v) is 6.82. The number of thioether (sulfide) groups is 1. The highest BCUT2D eigenvalue weighted by atomic mass is 32.2. The molecule has 4 rings (SSSR count). The van der Waals surface area contributed by atoms with Crippen molar-refractivity contribution in [1.29, 1.82) is 0 Å². The Morgan fingerprint density at radius 1 is 0.967 bits per heavy atom. The first-order chi connectivity index (χ1) is 14.5. The van der Waals surface area contributed by atoms with Gasteiger partial charge in [-0.25, -0.2) is 4.98 Å². The van der Waals surface area contributed by atoms with E-state index in [1.165, 1.54) is 25.7 Å². The lowest BCUT2D eigenvalue weighted by atomic mass is 9.96. The molecule has 0 aliphatic heterocycles. The molecule has 6 heteroatoms. The first kappa shape index (κ1) is 20.4. The highest BCUT2D eigenvalue weighted by Crippen LogP contribution is 2.34. The van der Waals surface area contributed by atoms with Gasteiger partial charge in [0, 0.05) is 10.8 Å². The van der Waals surface area contributed by atoms with Crippen LogP contribution in [0, 0.1) is 5.92 Å². The predicted molar refractivity (Wildman–Crippen MR) is 118 cm³/mol. The maximum atomic E-state index is 11.2. The molecule has 1 aromatic heterocycles. The molecule has 0 spiro atoms. The van der Waals surface area contributed by atoms with Crippen LogP contribution in [0.3, 0.4) is 0 Å². The number of aromatic nitrogens is 1. The van der Waals surface area contributed by atoms with E-state index in [1.807, 2.05) is 48.2 Å². The first-order valence-electron chi connectivity index (χ1n) is 10.1. The Bertz CT molecular complexity index is 1080. The summed E-state index contributed by atoms with van der Waals surface area (Å²) in [6, 6.07) is 17.7. The maximum Gasteiger partial charge on any atom is 0.318 e. The second-order valence-corrected chi connectivity index (χ2v) is 9.04. The number of rotatable bonds is 7. The van der Waals surface area contributed by atoms with E-state index in [-0.39, 0.29) is 6.42 Å². The number of carbonyl (C=O) groups is 2. The predicted octanol–water partition coefficient (Wildman–Crippen LogP) is 5.26. The fraction of sp³-hybridized carbons (Fsp3) is 0.292. The van der Waals surface area contributed by atoms with E-state index >= 15 is 0 Å². The number of pyridine rings is 1. The summed E-state index contributed by atoms with van der Waals surface area (Å²) in [5, 5.41) is 21.9. The summed E-state index contributed by atoms with van der Waals surface area (Å²) in [4.78, 5) is 27.2. The Kier molecular flexibility index (Phi) is 6.04. The number of benzene rings is 2. The molecule has 0 atom stereocenters. The minimum absolute atomic E-state index is 0.0374. The van der Waals surface area contributed by atoms with Gasteiger partial charge in [0.15, 0.2) is 5.92 Å². The molecule has 0 radical (unpaired) electrons. The van der Waals surface area contributed by atoms with Crippen LogP contribution >= 0.6 is 11.8 Å². The van der Waals surface area contributed by atoms with E-state index in [0.29, 0.717) is 10.8 Å². The summed E-state index contributed by atoms with van der Waals surface area (Å²) in [7, 11) is 0. The van der Waals surface area contributed by atoms with Crippen molar-refractivity contribution in [2.24, 2.45) is 5.92 Å². The second-order valence-electron chi connectivity index (χ2n) is 7.71. The number of hydrogen-bond acceptors (Lipinski definition) is 4. The van der Waals surface area contributed by atoms with Crippen molar-refractivity contribution in [3.63, 3.8) is 0 Å². The molecule has 3 aromatic rings. The van der Waals surface area contributed by atoms with E-state index in [9.17, 15) is 9.59 Å². The highest BCUT2D eigenvalue weighted by molar-refractivity contribution is 7.99. The van der Waals surface area contributed by atoms with Gasteiger partial charge in [-0.15, -0.1) is 11.8 Å². The highest BCUT2D eigenvalue weighted by Gasteiger charge is 2.26. The molecule has 1 fully saturated rings. The summed E-state index contributed by atoms with van der Waals surface area (Å²) in [6.07, 6.45) is 5.11. The zero-order chi connectivity index (χ0) is 21.1. The van der Waals surface area contributed by atoms with Gasteiger partial charge < -0.3 is 10.2 Å². The zero-order valence-electron chi connectivity index (χ0n) is 16.5. The first-order valence-corrected chi connectivity index (χ1v) is 11.0. The minimum Gasteiger partial charge on any atom is -0.481 e. The molecule has 0 saturated heterocycles. The number of carboxylic acid groups (broad SMARTS) is 2. The Morgan fingerprint density at radius 3 is 2.40 bits per heavy atom. The van der Waals surface area contributed by atoms with Crippen LogP contribution in [0.2, 0.25) is 0 Å². The number of hydrogen-bond donors (Lipinski definition) is 2. The molecule has 154 valence electrons. The van der Waals surface area contributed by atoms with Gasteiger partial charge in [0.25, 0.3) is 0 Å². The summed E-state index contributed by atoms with van der Waals surface area (Å²) in [6.45, 7) is 0. The third kappa shape index (κ3) is 4.65. The Morgan fingerprint density at radius 2 is 1.67 bits per heavy atom. The Hall–Kier alpha value is -2.86. The minimum atomic E-state index is -1.44. The normalized spacial score (nSPS) is 14.4. The zero-order valence-corrected chi connectivity index (χ0v) is 17.3. The van der Waals surface area contributed by atoms with Gasteiger partial charge in [0.05, 0.1) is 10.7 Å². The molecule has 5 nitrogen and oxygen atoms in total. The van der Waals surface area contributed by atoms with Crippen molar-refractivity contribution < 1.29 is 19.8 Å². The molecule has 1 aliphatic rings. The van der Waals surface area contributed by atoms with Crippen LogP contribution in [0.5, 0.6) is 0 Å². The van der Waals surface area contributed by atoms with Crippen LogP contribution in [0.1, 0.15) is 31.2 Å². The molecular formula is C24H23NO4S. The van der Waals surface area contributed by atoms with E-state index in [1.54, 1.807) is 6.07 Å². The van der Waals surface area contributed by atoms with E-state index < -0.39 is 17.9 Å². The molecule has 30 heavy (non-hydrogen) atoms. The van der Waals surface area contributed by atoms with E-state index in [0.717, 1.165) is 27.1 Å². The van der Waals surface area contributed by atoms with Gasteiger partial charge in [0.1, 0.15) is 0 Å². The molecule has 2 aromatic carbocycles. The van der Waals surface area contributed by atoms with Crippen LogP contribution in [0.4, 0.5) is 0 Å². The summed E-state index contributed by atoms with van der Waals surface area (Å²) in [5.41, 5.74) is 2.65. The lowest BCUT2D eigenvalue weighted by Crippen LogP contribution is -2.25. The van der Waals surface area contributed by atoms with Gasteiger partial charge in [-0.1, -0.05) is 49.2 Å². The lowest BCUT2D eigenvalue weighted by Gasteiger charge is -2.11. The average molecular weight is 422 g/mol. The van der Waals surface area contributed by atoms with E-state index in [4.69, 9.17) is 15.2 Å². The van der Waals surface area contributed by atoms with Crippen LogP contribution < -0.4 is 0 Å². The second kappa shape index (κ2) is 8.88. The number of nitrogens with zero attached hydrogens (tertiary/aromatic N) is 1. The molecule has 0 bridgehead atoms.